The van der Waals surface area contributed by atoms with Crippen LogP contribution >= 0.6 is 0 Å². The Morgan fingerprint density at radius 3 is 2.29 bits per heavy atom. The summed E-state index contributed by atoms with van der Waals surface area (Å²) >= 11 is 0. The first kappa shape index (κ1) is 12.6. The first-order chi connectivity index (χ1) is 8.02. The molecule has 1 N–H and O–H groups in total. The molecule has 2 amide bonds. The highest BCUT2D eigenvalue weighted by molar-refractivity contribution is 6.04. The predicted molar refractivity (Wildman–Crippen MR) is 65.2 cm³/mol. The molecule has 0 aromatic heterocycles. The van der Waals surface area contributed by atoms with Gasteiger partial charge in [0.05, 0.1) is 0 Å². The lowest BCUT2D eigenvalue weighted by molar-refractivity contribution is -0.140. The molecule has 96 valence electrons. The van der Waals surface area contributed by atoms with E-state index in [2.05, 4.69) is 12.2 Å². The fourth-order valence-corrected chi connectivity index (χ4v) is 2.74. The molecule has 2 saturated heterocycles. The summed E-state index contributed by atoms with van der Waals surface area (Å²) < 4.78 is 0. The summed E-state index contributed by atoms with van der Waals surface area (Å²) in [4.78, 5) is 25.5. The van der Waals surface area contributed by atoms with E-state index in [9.17, 15) is 9.59 Å². The molecule has 2 rings (SSSR count). The van der Waals surface area contributed by atoms with Gasteiger partial charge in [-0.1, -0.05) is 20.8 Å². The van der Waals surface area contributed by atoms with Gasteiger partial charge in [0.1, 0.15) is 0 Å². The molecule has 4 heteroatoms. The highest BCUT2D eigenvalue weighted by Gasteiger charge is 2.43. The molecule has 4 unspecified atom stereocenters. The van der Waals surface area contributed by atoms with Crippen LogP contribution in [0.25, 0.3) is 0 Å². The summed E-state index contributed by atoms with van der Waals surface area (Å²) in [6, 6.07) is 0. The summed E-state index contributed by atoms with van der Waals surface area (Å²) in [5.41, 5.74) is 0. The van der Waals surface area contributed by atoms with Gasteiger partial charge in [-0.3, -0.25) is 14.5 Å². The van der Waals surface area contributed by atoms with E-state index in [4.69, 9.17) is 0 Å². The van der Waals surface area contributed by atoms with Crippen molar-refractivity contribution in [2.75, 3.05) is 19.6 Å². The zero-order chi connectivity index (χ0) is 12.6. The summed E-state index contributed by atoms with van der Waals surface area (Å²) in [5.74, 6) is 0.737. The number of imide groups is 1. The minimum Gasteiger partial charge on any atom is -0.316 e. The third kappa shape index (κ3) is 2.23. The highest BCUT2D eigenvalue weighted by Crippen LogP contribution is 2.28. The fraction of sp³-hybridized carbons (Fsp3) is 0.846. The normalized spacial score (nSPS) is 38.9. The minimum atomic E-state index is -0.144. The van der Waals surface area contributed by atoms with Crippen LogP contribution in [-0.4, -0.2) is 36.3 Å². The predicted octanol–water partition coefficient (Wildman–Crippen LogP) is 0.873. The largest absolute Gasteiger partial charge is 0.316 e. The van der Waals surface area contributed by atoms with Crippen molar-refractivity contribution in [2.45, 2.75) is 27.2 Å². The van der Waals surface area contributed by atoms with Crippen molar-refractivity contribution in [3.8, 4) is 0 Å². The molecular weight excluding hydrogens is 216 g/mol. The third-order valence-corrected chi connectivity index (χ3v) is 4.47. The Balaban J connectivity index is 2.03. The van der Waals surface area contributed by atoms with E-state index < -0.39 is 0 Å². The van der Waals surface area contributed by atoms with E-state index in [1.165, 1.54) is 4.90 Å². The van der Waals surface area contributed by atoms with E-state index in [-0.39, 0.29) is 23.7 Å². The van der Waals surface area contributed by atoms with Gasteiger partial charge in [0, 0.05) is 18.4 Å². The van der Waals surface area contributed by atoms with Crippen LogP contribution in [0.15, 0.2) is 0 Å². The molecule has 2 aliphatic heterocycles. The molecular formula is C13H22N2O2. The third-order valence-electron chi connectivity index (χ3n) is 4.47. The second kappa shape index (κ2) is 4.77. The zero-order valence-electron chi connectivity index (χ0n) is 10.9. The lowest BCUT2D eigenvalue weighted by Crippen LogP contribution is -2.44. The van der Waals surface area contributed by atoms with Gasteiger partial charge in [-0.2, -0.15) is 0 Å². The van der Waals surface area contributed by atoms with Crippen molar-refractivity contribution in [3.05, 3.63) is 0 Å². The van der Waals surface area contributed by atoms with Gasteiger partial charge in [0.25, 0.3) is 0 Å². The molecule has 2 heterocycles. The second-order valence-electron chi connectivity index (χ2n) is 5.59. The summed E-state index contributed by atoms with van der Waals surface area (Å²) in [6.07, 6.45) is 1.13. The molecule has 0 aromatic carbocycles. The minimum absolute atomic E-state index is 0.0141. The summed E-state index contributed by atoms with van der Waals surface area (Å²) in [5, 5.41) is 3.34. The molecule has 0 saturated carbocycles. The number of hydrogen-bond acceptors (Lipinski definition) is 3. The topological polar surface area (TPSA) is 49.4 Å². The molecule has 4 nitrogen and oxygen atoms in total. The average molecular weight is 238 g/mol. The van der Waals surface area contributed by atoms with Crippen LogP contribution in [0.5, 0.6) is 0 Å². The molecule has 0 radical (unpaired) electrons. The number of piperidine rings is 1. The SMILES string of the molecule is CC1CCNCC1CN1C(=O)C(C)C(C)C1=O. The molecule has 4 atom stereocenters. The van der Waals surface area contributed by atoms with Crippen LogP contribution in [0.4, 0.5) is 0 Å². The van der Waals surface area contributed by atoms with Crippen molar-refractivity contribution in [2.24, 2.45) is 23.7 Å². The van der Waals surface area contributed by atoms with Gasteiger partial charge in [-0.25, -0.2) is 0 Å². The van der Waals surface area contributed by atoms with E-state index in [1.54, 1.807) is 0 Å². The van der Waals surface area contributed by atoms with Crippen molar-refractivity contribution in [1.29, 1.82) is 0 Å². The Kier molecular flexibility index (Phi) is 3.52. The Labute approximate surface area is 103 Å². The van der Waals surface area contributed by atoms with Crippen LogP contribution in [0, 0.1) is 23.7 Å². The van der Waals surface area contributed by atoms with Crippen molar-refractivity contribution >= 4 is 11.8 Å². The van der Waals surface area contributed by atoms with Gasteiger partial charge in [0.15, 0.2) is 0 Å². The van der Waals surface area contributed by atoms with Gasteiger partial charge in [0.2, 0.25) is 11.8 Å². The monoisotopic (exact) mass is 238 g/mol. The van der Waals surface area contributed by atoms with Crippen LogP contribution in [-0.2, 0) is 9.59 Å². The Morgan fingerprint density at radius 1 is 1.18 bits per heavy atom. The maximum absolute atomic E-state index is 12.0. The Bertz CT molecular complexity index is 309. The number of hydrogen-bond donors (Lipinski definition) is 1. The van der Waals surface area contributed by atoms with Crippen molar-refractivity contribution in [1.82, 2.24) is 10.2 Å². The van der Waals surface area contributed by atoms with Crippen LogP contribution in [0.3, 0.4) is 0 Å². The van der Waals surface area contributed by atoms with Crippen molar-refractivity contribution in [3.63, 3.8) is 0 Å². The number of nitrogens with zero attached hydrogens (tertiary/aromatic N) is 1. The molecule has 0 spiro atoms. The lowest BCUT2D eigenvalue weighted by Gasteiger charge is -2.32. The highest BCUT2D eigenvalue weighted by atomic mass is 16.2. The van der Waals surface area contributed by atoms with Gasteiger partial charge in [-0.05, 0) is 31.3 Å². The van der Waals surface area contributed by atoms with Crippen LogP contribution in [0.2, 0.25) is 0 Å². The van der Waals surface area contributed by atoms with Crippen LogP contribution < -0.4 is 5.32 Å². The molecule has 17 heavy (non-hydrogen) atoms. The fourth-order valence-electron chi connectivity index (χ4n) is 2.74. The number of nitrogens with one attached hydrogen (secondary N) is 1. The van der Waals surface area contributed by atoms with E-state index >= 15 is 0 Å². The Hall–Kier alpha value is -0.900. The van der Waals surface area contributed by atoms with Gasteiger partial charge < -0.3 is 5.32 Å². The first-order valence-electron chi connectivity index (χ1n) is 6.58. The molecule has 0 bridgehead atoms. The molecule has 0 aromatic rings. The van der Waals surface area contributed by atoms with Crippen LogP contribution in [0.1, 0.15) is 27.2 Å². The number of carbonyl (C=O) groups is 2. The number of amides is 2. The van der Waals surface area contributed by atoms with Gasteiger partial charge >= 0.3 is 0 Å². The first-order valence-corrected chi connectivity index (χ1v) is 6.58. The molecule has 2 fully saturated rings. The van der Waals surface area contributed by atoms with E-state index in [1.807, 2.05) is 13.8 Å². The van der Waals surface area contributed by atoms with Crippen molar-refractivity contribution < 1.29 is 9.59 Å². The lowest BCUT2D eigenvalue weighted by atomic mass is 9.88. The zero-order valence-corrected chi connectivity index (χ0v) is 10.9. The molecule has 0 aliphatic carbocycles. The van der Waals surface area contributed by atoms with E-state index in [0.717, 1.165) is 19.5 Å². The average Bonchev–Trinajstić information content (AvgIpc) is 2.50. The number of rotatable bonds is 2. The Morgan fingerprint density at radius 2 is 1.76 bits per heavy atom. The molecule has 2 aliphatic rings. The quantitative estimate of drug-likeness (QED) is 0.726. The van der Waals surface area contributed by atoms with Gasteiger partial charge in [-0.15, -0.1) is 0 Å². The maximum Gasteiger partial charge on any atom is 0.232 e. The smallest absolute Gasteiger partial charge is 0.232 e. The number of carbonyl (C=O) groups excluding carboxylic acids is 2. The number of likely N-dealkylation sites (tertiary alicyclic amines) is 1. The summed E-state index contributed by atoms with van der Waals surface area (Å²) in [6.45, 7) is 8.48. The van der Waals surface area contributed by atoms with E-state index in [0.29, 0.717) is 18.4 Å². The standard InChI is InChI=1S/C13H22N2O2/c1-8-4-5-14-6-11(8)7-15-12(16)9(2)10(3)13(15)17/h8-11,14H,4-7H2,1-3H3. The second-order valence-corrected chi connectivity index (χ2v) is 5.59. The summed E-state index contributed by atoms with van der Waals surface area (Å²) in [7, 11) is 0. The maximum atomic E-state index is 12.0.